The van der Waals surface area contributed by atoms with Gasteiger partial charge in [0.25, 0.3) is 0 Å². The largest absolute Gasteiger partial charge is 0.458 e. The number of rotatable bonds is 2. The van der Waals surface area contributed by atoms with Gasteiger partial charge in [-0.25, -0.2) is 4.39 Å². The van der Waals surface area contributed by atoms with Crippen molar-refractivity contribution in [3.63, 3.8) is 0 Å². The molecule has 1 N–H and O–H groups in total. The Morgan fingerprint density at radius 3 is 2.65 bits per heavy atom. The molecule has 0 aliphatic heterocycles. The molecule has 1 unspecified atom stereocenters. The summed E-state index contributed by atoms with van der Waals surface area (Å²) in [4.78, 5) is 0. The number of fused-ring (bicyclic) bond motifs is 1. The summed E-state index contributed by atoms with van der Waals surface area (Å²) in [5.41, 5.74) is 3.20. The Balaban J connectivity index is 2.12. The number of hydrogen-bond acceptors (Lipinski definition) is 2. The third kappa shape index (κ3) is 2.10. The SMILES string of the molecule is Cc1cccc(C(O)c2oc3ccc(F)cc3c2C)c1. The lowest BCUT2D eigenvalue weighted by Gasteiger charge is -2.10. The van der Waals surface area contributed by atoms with Crippen molar-refractivity contribution >= 4 is 11.0 Å². The van der Waals surface area contributed by atoms with Gasteiger partial charge in [0.1, 0.15) is 23.3 Å². The minimum Gasteiger partial charge on any atom is -0.458 e. The molecular weight excluding hydrogens is 255 g/mol. The second-order valence-electron chi connectivity index (χ2n) is 5.05. The van der Waals surface area contributed by atoms with Crippen LogP contribution in [0.3, 0.4) is 0 Å². The van der Waals surface area contributed by atoms with Crippen molar-refractivity contribution in [3.05, 3.63) is 70.7 Å². The maximum Gasteiger partial charge on any atom is 0.141 e. The van der Waals surface area contributed by atoms with E-state index in [4.69, 9.17) is 4.42 Å². The minimum absolute atomic E-state index is 0.307. The van der Waals surface area contributed by atoms with Crippen molar-refractivity contribution < 1.29 is 13.9 Å². The van der Waals surface area contributed by atoms with E-state index in [1.54, 1.807) is 6.07 Å². The predicted molar refractivity (Wildman–Crippen MR) is 76.1 cm³/mol. The highest BCUT2D eigenvalue weighted by molar-refractivity contribution is 5.82. The molecule has 1 aromatic heterocycles. The van der Waals surface area contributed by atoms with Crippen LogP contribution in [0, 0.1) is 19.7 Å². The summed E-state index contributed by atoms with van der Waals surface area (Å²) >= 11 is 0. The van der Waals surface area contributed by atoms with Crippen LogP contribution >= 0.6 is 0 Å². The highest BCUT2D eigenvalue weighted by atomic mass is 19.1. The summed E-state index contributed by atoms with van der Waals surface area (Å²) in [6.45, 7) is 3.80. The molecule has 0 fully saturated rings. The van der Waals surface area contributed by atoms with Crippen LogP contribution < -0.4 is 0 Å². The molecule has 0 bridgehead atoms. The number of halogens is 1. The Hall–Kier alpha value is -2.13. The molecule has 20 heavy (non-hydrogen) atoms. The van der Waals surface area contributed by atoms with Gasteiger partial charge in [-0.2, -0.15) is 0 Å². The maximum absolute atomic E-state index is 13.3. The normalized spacial score (nSPS) is 12.8. The topological polar surface area (TPSA) is 33.4 Å². The van der Waals surface area contributed by atoms with Crippen molar-refractivity contribution in [2.24, 2.45) is 0 Å². The Bertz CT molecular complexity index is 774. The monoisotopic (exact) mass is 270 g/mol. The molecule has 3 rings (SSSR count). The highest BCUT2D eigenvalue weighted by Crippen LogP contribution is 2.33. The van der Waals surface area contributed by atoms with E-state index in [0.717, 1.165) is 16.7 Å². The van der Waals surface area contributed by atoms with Crippen LogP contribution in [0.25, 0.3) is 11.0 Å². The smallest absolute Gasteiger partial charge is 0.141 e. The molecule has 0 radical (unpaired) electrons. The van der Waals surface area contributed by atoms with Gasteiger partial charge in [0.05, 0.1) is 0 Å². The molecule has 1 atom stereocenters. The molecule has 0 amide bonds. The van der Waals surface area contributed by atoms with E-state index in [0.29, 0.717) is 16.7 Å². The summed E-state index contributed by atoms with van der Waals surface area (Å²) in [6.07, 6.45) is -0.842. The van der Waals surface area contributed by atoms with Crippen molar-refractivity contribution in [2.45, 2.75) is 20.0 Å². The van der Waals surface area contributed by atoms with Crippen LogP contribution in [0.4, 0.5) is 4.39 Å². The fraction of sp³-hybridized carbons (Fsp3) is 0.176. The molecular formula is C17H15FO2. The molecule has 0 aliphatic rings. The van der Waals surface area contributed by atoms with E-state index in [9.17, 15) is 9.50 Å². The highest BCUT2D eigenvalue weighted by Gasteiger charge is 2.20. The molecule has 0 saturated carbocycles. The summed E-state index contributed by atoms with van der Waals surface area (Å²) < 4.78 is 19.0. The number of benzene rings is 2. The number of aliphatic hydroxyl groups excluding tert-OH is 1. The van der Waals surface area contributed by atoms with Crippen LogP contribution in [-0.4, -0.2) is 5.11 Å². The van der Waals surface area contributed by atoms with Crippen LogP contribution in [0.15, 0.2) is 46.9 Å². The Morgan fingerprint density at radius 1 is 1.10 bits per heavy atom. The van der Waals surface area contributed by atoms with Crippen LogP contribution in [0.5, 0.6) is 0 Å². The Labute approximate surface area is 116 Å². The lowest BCUT2D eigenvalue weighted by atomic mass is 10.0. The average molecular weight is 270 g/mol. The molecule has 102 valence electrons. The Kier molecular flexibility index (Phi) is 3.07. The first-order valence-corrected chi connectivity index (χ1v) is 6.49. The number of hydrogen-bond donors (Lipinski definition) is 1. The van der Waals surface area contributed by atoms with Gasteiger partial charge >= 0.3 is 0 Å². The van der Waals surface area contributed by atoms with Crippen LogP contribution in [-0.2, 0) is 0 Å². The molecule has 3 heteroatoms. The standard InChI is InChI=1S/C17H15FO2/c1-10-4-3-5-12(8-10)16(19)17-11(2)14-9-13(18)6-7-15(14)20-17/h3-9,16,19H,1-2H3. The molecule has 0 aliphatic carbocycles. The van der Waals surface area contributed by atoms with Crippen molar-refractivity contribution in [1.29, 1.82) is 0 Å². The fourth-order valence-electron chi connectivity index (χ4n) is 2.46. The molecule has 1 heterocycles. The van der Waals surface area contributed by atoms with Gasteiger partial charge in [0.15, 0.2) is 0 Å². The molecule has 0 saturated heterocycles. The lowest BCUT2D eigenvalue weighted by molar-refractivity contribution is 0.191. The van der Waals surface area contributed by atoms with Crippen molar-refractivity contribution in [1.82, 2.24) is 0 Å². The number of aryl methyl sites for hydroxylation is 2. The third-order valence-corrected chi connectivity index (χ3v) is 3.54. The average Bonchev–Trinajstić information content (AvgIpc) is 2.75. The zero-order chi connectivity index (χ0) is 14.3. The minimum atomic E-state index is -0.842. The van der Waals surface area contributed by atoms with Gasteiger partial charge in [-0.1, -0.05) is 29.8 Å². The van der Waals surface area contributed by atoms with Gasteiger partial charge in [0, 0.05) is 10.9 Å². The van der Waals surface area contributed by atoms with Gasteiger partial charge < -0.3 is 9.52 Å². The second kappa shape index (κ2) is 4.76. The van der Waals surface area contributed by atoms with Crippen LogP contribution in [0.2, 0.25) is 0 Å². The zero-order valence-corrected chi connectivity index (χ0v) is 11.4. The number of aliphatic hydroxyl groups is 1. The first kappa shape index (κ1) is 12.9. The Morgan fingerprint density at radius 2 is 1.90 bits per heavy atom. The van der Waals surface area contributed by atoms with E-state index >= 15 is 0 Å². The van der Waals surface area contributed by atoms with Crippen molar-refractivity contribution in [2.75, 3.05) is 0 Å². The molecule has 2 nitrogen and oxygen atoms in total. The van der Waals surface area contributed by atoms with Gasteiger partial charge in [-0.15, -0.1) is 0 Å². The third-order valence-electron chi connectivity index (χ3n) is 3.54. The quantitative estimate of drug-likeness (QED) is 0.754. The first-order valence-electron chi connectivity index (χ1n) is 6.49. The maximum atomic E-state index is 13.3. The fourth-order valence-corrected chi connectivity index (χ4v) is 2.46. The summed E-state index contributed by atoms with van der Waals surface area (Å²) in [7, 11) is 0. The van der Waals surface area contributed by atoms with Gasteiger partial charge in [-0.3, -0.25) is 0 Å². The lowest BCUT2D eigenvalue weighted by Crippen LogP contribution is -2.00. The predicted octanol–water partition coefficient (Wildman–Crippen LogP) is 4.27. The molecule has 2 aromatic carbocycles. The summed E-state index contributed by atoms with van der Waals surface area (Å²) in [5.74, 6) is 0.161. The molecule has 0 spiro atoms. The van der Waals surface area contributed by atoms with E-state index in [1.807, 2.05) is 38.1 Å². The zero-order valence-electron chi connectivity index (χ0n) is 11.4. The van der Waals surface area contributed by atoms with Gasteiger partial charge in [0.2, 0.25) is 0 Å². The van der Waals surface area contributed by atoms with E-state index in [2.05, 4.69) is 0 Å². The summed E-state index contributed by atoms with van der Waals surface area (Å²) in [6, 6.07) is 12.0. The van der Waals surface area contributed by atoms with Gasteiger partial charge in [-0.05, 0) is 37.6 Å². The van der Waals surface area contributed by atoms with E-state index in [-0.39, 0.29) is 5.82 Å². The summed E-state index contributed by atoms with van der Waals surface area (Å²) in [5, 5.41) is 11.2. The van der Waals surface area contributed by atoms with E-state index in [1.165, 1.54) is 12.1 Å². The first-order chi connectivity index (χ1) is 9.56. The van der Waals surface area contributed by atoms with Crippen molar-refractivity contribution in [3.8, 4) is 0 Å². The van der Waals surface area contributed by atoms with Crippen LogP contribution in [0.1, 0.15) is 28.6 Å². The number of furan rings is 1. The second-order valence-corrected chi connectivity index (χ2v) is 5.05. The molecule has 3 aromatic rings. The van der Waals surface area contributed by atoms with E-state index < -0.39 is 6.10 Å².